The van der Waals surface area contributed by atoms with Gasteiger partial charge in [-0.25, -0.2) is 28.8 Å². The van der Waals surface area contributed by atoms with Gasteiger partial charge in [-0.1, -0.05) is 184 Å². The van der Waals surface area contributed by atoms with E-state index in [-0.39, 0.29) is 68.0 Å². The maximum Gasteiger partial charge on any atom is 0.413 e. The molecule has 6 aliphatic carbocycles. The van der Waals surface area contributed by atoms with Crippen molar-refractivity contribution < 1.29 is 57.9 Å². The first-order chi connectivity index (χ1) is 40.5. The SMILES string of the molecule is CN(C(=O)OCC1c2ccccc2-c2ccccc21)[C@H](C(=O)O)C1CCCC1.O=C(N[C@H](C(=O)O)C1CCCC1)OCC1c2ccccc2-c2ccccc21.O=C1OCN(C(=O)OCC2c3ccccc3-c3ccccc32)[C@H]1C1CCCC1. The second kappa shape index (κ2) is 25.4. The molecule has 7 aliphatic rings. The average molecular weight is 1120 g/mol. The van der Waals surface area contributed by atoms with Crippen LogP contribution in [0, 0.1) is 17.8 Å². The lowest BCUT2D eigenvalue weighted by atomic mass is 9.97. The maximum absolute atomic E-state index is 12.8. The van der Waals surface area contributed by atoms with E-state index in [1.165, 1.54) is 50.2 Å². The molecule has 1 saturated heterocycles. The van der Waals surface area contributed by atoms with E-state index in [1.54, 1.807) is 0 Å². The lowest BCUT2D eigenvalue weighted by Gasteiger charge is -2.29. The number of hydrogen-bond donors (Lipinski definition) is 3. The highest BCUT2D eigenvalue weighted by Gasteiger charge is 2.45. The van der Waals surface area contributed by atoms with Crippen LogP contribution < -0.4 is 5.32 Å². The number of esters is 1. The Hall–Kier alpha value is -8.46. The summed E-state index contributed by atoms with van der Waals surface area (Å²) in [7, 11) is 1.54. The Labute approximate surface area is 483 Å². The number of aliphatic carboxylic acids is 2. The van der Waals surface area contributed by atoms with Crippen LogP contribution in [0.15, 0.2) is 146 Å². The van der Waals surface area contributed by atoms with E-state index in [2.05, 4.69) is 78.1 Å². The van der Waals surface area contributed by atoms with Crippen molar-refractivity contribution in [3.63, 3.8) is 0 Å². The highest BCUT2D eigenvalue weighted by Crippen LogP contribution is 2.47. The molecule has 13 rings (SSSR count). The number of carboxylic acids is 2. The van der Waals surface area contributed by atoms with Gasteiger partial charge in [0.25, 0.3) is 0 Å². The minimum Gasteiger partial charge on any atom is -0.480 e. The zero-order valence-corrected chi connectivity index (χ0v) is 46.7. The van der Waals surface area contributed by atoms with E-state index in [9.17, 15) is 39.0 Å². The summed E-state index contributed by atoms with van der Waals surface area (Å²) in [5.74, 6) is -2.10. The fourth-order valence-corrected chi connectivity index (χ4v) is 14.2. The van der Waals surface area contributed by atoms with Gasteiger partial charge in [-0.15, -0.1) is 0 Å². The van der Waals surface area contributed by atoms with Crippen molar-refractivity contribution in [2.75, 3.05) is 33.6 Å². The third-order valence-corrected chi connectivity index (χ3v) is 18.2. The molecule has 430 valence electrons. The van der Waals surface area contributed by atoms with E-state index in [1.807, 2.05) is 72.8 Å². The van der Waals surface area contributed by atoms with Crippen LogP contribution in [-0.2, 0) is 33.3 Å². The quantitative estimate of drug-likeness (QED) is 0.0732. The molecule has 15 nitrogen and oxygen atoms in total. The maximum atomic E-state index is 12.8. The van der Waals surface area contributed by atoms with Gasteiger partial charge in [0.05, 0.1) is 0 Å². The molecule has 0 bridgehead atoms. The van der Waals surface area contributed by atoms with Gasteiger partial charge in [0.1, 0.15) is 37.9 Å². The van der Waals surface area contributed by atoms with Gasteiger partial charge in [0, 0.05) is 24.8 Å². The number of benzene rings is 6. The minimum absolute atomic E-state index is 0.00276. The largest absolute Gasteiger partial charge is 0.480 e. The van der Waals surface area contributed by atoms with E-state index >= 15 is 0 Å². The Morgan fingerprint density at radius 2 is 0.880 bits per heavy atom. The number of carbonyl (C=O) groups excluding carboxylic acids is 4. The fourth-order valence-electron chi connectivity index (χ4n) is 14.2. The molecular weight excluding hydrogens is 1050 g/mol. The molecule has 3 amide bonds. The number of fused-ring (bicyclic) bond motifs is 9. The molecule has 3 atom stereocenters. The topological polar surface area (TPSA) is 198 Å². The number of ether oxygens (including phenoxy) is 4. The Kier molecular flexibility index (Phi) is 17.2. The third kappa shape index (κ3) is 11.8. The Morgan fingerprint density at radius 3 is 1.28 bits per heavy atom. The van der Waals surface area contributed by atoms with Gasteiger partial charge < -0.3 is 34.5 Å². The van der Waals surface area contributed by atoms with Crippen LogP contribution in [0.1, 0.15) is 128 Å². The van der Waals surface area contributed by atoms with Crippen molar-refractivity contribution in [2.45, 2.75) is 113 Å². The lowest BCUT2D eigenvalue weighted by molar-refractivity contribution is -0.144. The van der Waals surface area contributed by atoms with Crippen LogP contribution in [0.2, 0.25) is 0 Å². The lowest BCUT2D eigenvalue weighted by Crippen LogP contribution is -2.47. The standard InChI is InChI=1S/C23H23NO4.C23H25NO4.C22H23NO4/c25-22-21(15-7-1-2-8-15)24(14-28-22)23(26)27-13-20-18-11-5-3-9-16(18)17-10-4-6-12-19(17)20;1-24(21(22(25)26)15-8-2-3-9-15)23(27)28-14-20-18-12-6-4-10-16(18)17-11-5-7-13-19(17)20;24-21(25)20(14-7-1-2-8-14)23-22(26)27-13-19-17-11-5-3-9-15(17)16-10-4-6-12-18(16)19/h3-6,9-12,15,20-21H,1-2,7-8,13-14H2;4-7,10-13,15,20-21H,2-3,8-9,14H2,1H3,(H,25,26);3-6,9-12,14,19-20H,1-2,7-8,13H2,(H,23,26)(H,24,25)/t2*21-;20-/m000/s1. The minimum atomic E-state index is -0.990. The summed E-state index contributed by atoms with van der Waals surface area (Å²) in [5, 5.41) is 21.7. The molecule has 0 aromatic heterocycles. The molecular formula is C68H71N3O12. The van der Waals surface area contributed by atoms with Gasteiger partial charge in [-0.3, -0.25) is 9.80 Å². The van der Waals surface area contributed by atoms with Gasteiger partial charge in [0.15, 0.2) is 6.73 Å². The summed E-state index contributed by atoms with van der Waals surface area (Å²) in [6, 6.07) is 46.9. The van der Waals surface area contributed by atoms with E-state index < -0.39 is 48.3 Å². The molecule has 0 unspecified atom stereocenters. The predicted octanol–water partition coefficient (Wildman–Crippen LogP) is 13.0. The molecule has 6 aromatic rings. The first-order valence-corrected chi connectivity index (χ1v) is 29.4. The number of carboxylic acid groups (broad SMARTS) is 2. The van der Waals surface area contributed by atoms with Crippen molar-refractivity contribution in [2.24, 2.45) is 17.8 Å². The molecule has 1 heterocycles. The number of nitrogens with zero attached hydrogens (tertiary/aromatic N) is 2. The van der Waals surface area contributed by atoms with Crippen molar-refractivity contribution in [1.82, 2.24) is 15.1 Å². The first kappa shape index (κ1) is 56.4. The normalized spacial score (nSPS) is 18.6. The number of cyclic esters (lactones) is 1. The van der Waals surface area contributed by atoms with Crippen LogP contribution in [0.4, 0.5) is 14.4 Å². The van der Waals surface area contributed by atoms with Crippen LogP contribution in [-0.4, -0.2) is 108 Å². The molecule has 3 N–H and O–H groups in total. The summed E-state index contributed by atoms with van der Waals surface area (Å²) in [6.07, 6.45) is 9.89. The van der Waals surface area contributed by atoms with Crippen LogP contribution in [0.3, 0.4) is 0 Å². The Morgan fingerprint density at radius 1 is 0.518 bits per heavy atom. The summed E-state index contributed by atoms with van der Waals surface area (Å²) >= 11 is 0. The summed E-state index contributed by atoms with van der Waals surface area (Å²) in [4.78, 5) is 76.0. The number of likely N-dealkylation sites (N-methyl/N-ethyl adjacent to an activating group) is 1. The number of rotatable bonds is 13. The summed E-state index contributed by atoms with van der Waals surface area (Å²) in [6.45, 7) is 0.649. The van der Waals surface area contributed by atoms with Gasteiger partial charge >= 0.3 is 36.2 Å². The van der Waals surface area contributed by atoms with Crippen molar-refractivity contribution >= 4 is 36.2 Å². The predicted molar refractivity (Wildman–Crippen MR) is 311 cm³/mol. The number of hydrogen-bond acceptors (Lipinski definition) is 10. The zero-order valence-electron chi connectivity index (χ0n) is 46.7. The summed E-state index contributed by atoms with van der Waals surface area (Å²) < 4.78 is 22.0. The second-order valence-electron chi connectivity index (χ2n) is 22.9. The number of alkyl carbamates (subject to hydrolysis) is 1. The zero-order chi connectivity index (χ0) is 57.6. The molecule has 3 saturated carbocycles. The molecule has 1 aliphatic heterocycles. The van der Waals surface area contributed by atoms with E-state index in [0.29, 0.717) is 0 Å². The smallest absolute Gasteiger partial charge is 0.413 e. The molecule has 15 heteroatoms. The van der Waals surface area contributed by atoms with Gasteiger partial charge in [0.2, 0.25) is 0 Å². The average Bonchev–Trinajstić information content (AvgIpc) is 3.50. The summed E-state index contributed by atoms with van der Waals surface area (Å²) in [5.41, 5.74) is 14.0. The fraction of sp³-hybridized carbons (Fsp3) is 0.382. The highest BCUT2D eigenvalue weighted by molar-refractivity contribution is 5.86. The van der Waals surface area contributed by atoms with Crippen molar-refractivity contribution in [3.05, 3.63) is 179 Å². The monoisotopic (exact) mass is 1120 g/mol. The Balaban J connectivity index is 0.000000130. The number of carbonyl (C=O) groups is 6. The third-order valence-electron chi connectivity index (χ3n) is 18.2. The highest BCUT2D eigenvalue weighted by atomic mass is 16.6. The molecule has 0 spiro atoms. The van der Waals surface area contributed by atoms with Crippen molar-refractivity contribution in [3.8, 4) is 33.4 Å². The van der Waals surface area contributed by atoms with Crippen LogP contribution >= 0.6 is 0 Å². The van der Waals surface area contributed by atoms with Crippen LogP contribution in [0.25, 0.3) is 33.4 Å². The Bertz CT molecular complexity index is 3210. The molecule has 0 radical (unpaired) electrons. The van der Waals surface area contributed by atoms with E-state index in [4.69, 9.17) is 18.9 Å². The number of nitrogens with one attached hydrogen (secondary N) is 1. The van der Waals surface area contributed by atoms with Gasteiger partial charge in [-0.05, 0) is 123 Å². The van der Waals surface area contributed by atoms with Crippen molar-refractivity contribution in [1.29, 1.82) is 0 Å². The van der Waals surface area contributed by atoms with Crippen LogP contribution in [0.5, 0.6) is 0 Å². The molecule has 83 heavy (non-hydrogen) atoms. The number of amides is 3. The van der Waals surface area contributed by atoms with Gasteiger partial charge in [-0.2, -0.15) is 0 Å². The molecule has 6 aromatic carbocycles. The second-order valence-corrected chi connectivity index (χ2v) is 22.9. The van der Waals surface area contributed by atoms with E-state index in [0.717, 1.165) is 110 Å². The first-order valence-electron chi connectivity index (χ1n) is 29.4. The molecule has 4 fully saturated rings.